The van der Waals surface area contributed by atoms with Gasteiger partial charge < -0.3 is 24.7 Å². The summed E-state index contributed by atoms with van der Waals surface area (Å²) in [4.78, 5) is 31.6. The number of carbonyl (C=O) groups is 2. The number of rotatable bonds is 15. The molecule has 0 unspecified atom stereocenters. The van der Waals surface area contributed by atoms with E-state index in [-0.39, 0.29) is 50.8 Å². The SMILES string of the molecule is O=C1[C@H](COCc2ccccc2)N(Cc2cn([C@H](CO)Cc3ccccc3)nn2)C(=O)[C@H](Cc2ccc(Br)cc2)N1CCCO. The van der Waals surface area contributed by atoms with Gasteiger partial charge in [-0.2, -0.15) is 0 Å². The molecule has 10 nitrogen and oxygen atoms in total. The summed E-state index contributed by atoms with van der Waals surface area (Å²) in [5.41, 5.74) is 3.43. The molecule has 3 atom stereocenters. The van der Waals surface area contributed by atoms with Crippen LogP contribution >= 0.6 is 15.9 Å². The number of aromatic nitrogens is 3. The van der Waals surface area contributed by atoms with Crippen molar-refractivity contribution in [3.8, 4) is 0 Å². The summed E-state index contributed by atoms with van der Waals surface area (Å²) in [6.07, 6.45) is 2.97. The van der Waals surface area contributed by atoms with Gasteiger partial charge in [0.1, 0.15) is 17.8 Å². The Kier molecular flexibility index (Phi) is 11.5. The topological polar surface area (TPSA) is 121 Å². The molecule has 1 aromatic heterocycles. The van der Waals surface area contributed by atoms with E-state index in [1.807, 2.05) is 84.9 Å². The standard InChI is InChI=1S/C34H38BrN5O5/c35-28-14-12-26(13-15-28)19-31-33(43)39(20-29-21-40(37-36-29)30(22-42)18-25-8-3-1-4-9-25)32(34(44)38(31)16-7-17-41)24-45-23-27-10-5-2-6-11-27/h1-6,8-15,21,30-32,41-42H,7,16-20,22-24H2/t30-,31-,32-/m0/s1. The highest BCUT2D eigenvalue weighted by Crippen LogP contribution is 2.25. The van der Waals surface area contributed by atoms with Gasteiger partial charge in [0.15, 0.2) is 0 Å². The number of piperazine rings is 1. The lowest BCUT2D eigenvalue weighted by Crippen LogP contribution is -2.66. The Balaban J connectivity index is 1.40. The average molecular weight is 677 g/mol. The van der Waals surface area contributed by atoms with Crippen LogP contribution in [0.25, 0.3) is 0 Å². The Morgan fingerprint density at radius 3 is 2.16 bits per heavy atom. The van der Waals surface area contributed by atoms with Crippen molar-refractivity contribution in [2.75, 3.05) is 26.4 Å². The summed E-state index contributed by atoms with van der Waals surface area (Å²) < 4.78 is 8.56. The van der Waals surface area contributed by atoms with Gasteiger partial charge in [0.25, 0.3) is 0 Å². The Labute approximate surface area is 271 Å². The summed E-state index contributed by atoms with van der Waals surface area (Å²) in [5.74, 6) is -0.454. The second-order valence-corrected chi connectivity index (χ2v) is 12.1. The first-order valence-corrected chi connectivity index (χ1v) is 15.9. The highest BCUT2D eigenvalue weighted by molar-refractivity contribution is 9.10. The largest absolute Gasteiger partial charge is 0.396 e. The predicted octanol–water partition coefficient (Wildman–Crippen LogP) is 3.57. The zero-order chi connectivity index (χ0) is 31.6. The molecule has 5 rings (SSSR count). The van der Waals surface area contributed by atoms with E-state index < -0.39 is 12.1 Å². The van der Waals surface area contributed by atoms with E-state index in [0.29, 0.717) is 31.6 Å². The molecule has 2 amide bonds. The van der Waals surface area contributed by atoms with Crippen LogP contribution < -0.4 is 0 Å². The fraction of sp³-hybridized carbons (Fsp3) is 0.353. The van der Waals surface area contributed by atoms with Crippen molar-refractivity contribution in [2.45, 2.75) is 50.5 Å². The van der Waals surface area contributed by atoms with Crippen LogP contribution in [-0.2, 0) is 40.3 Å². The molecule has 0 aliphatic carbocycles. The van der Waals surface area contributed by atoms with Crippen molar-refractivity contribution in [1.29, 1.82) is 0 Å². The summed E-state index contributed by atoms with van der Waals surface area (Å²) in [6, 6.07) is 25.2. The summed E-state index contributed by atoms with van der Waals surface area (Å²) in [6.45, 7) is 0.363. The molecular formula is C34H38BrN5O5. The Bertz CT molecular complexity index is 1520. The second-order valence-electron chi connectivity index (χ2n) is 11.2. The van der Waals surface area contributed by atoms with E-state index in [9.17, 15) is 19.8 Å². The molecule has 0 bridgehead atoms. The number of ether oxygens (including phenoxy) is 1. The zero-order valence-corrected chi connectivity index (χ0v) is 26.6. The third kappa shape index (κ3) is 8.43. The van der Waals surface area contributed by atoms with E-state index in [1.54, 1.807) is 20.7 Å². The van der Waals surface area contributed by atoms with Gasteiger partial charge in [0, 0.05) is 24.0 Å². The summed E-state index contributed by atoms with van der Waals surface area (Å²) in [7, 11) is 0. The fourth-order valence-corrected chi connectivity index (χ4v) is 5.85. The number of carbonyl (C=O) groups excluding carboxylic acids is 2. The lowest BCUT2D eigenvalue weighted by molar-refractivity contribution is -0.165. The first-order valence-electron chi connectivity index (χ1n) is 15.1. The number of nitrogens with zero attached hydrogens (tertiary/aromatic N) is 5. The molecule has 4 aromatic rings. The number of hydrogen-bond donors (Lipinski definition) is 2. The fourth-order valence-electron chi connectivity index (χ4n) is 5.58. The molecule has 1 fully saturated rings. The van der Waals surface area contributed by atoms with Gasteiger partial charge >= 0.3 is 0 Å². The van der Waals surface area contributed by atoms with Gasteiger partial charge in [0.05, 0.1) is 38.6 Å². The van der Waals surface area contributed by atoms with Gasteiger partial charge in [-0.3, -0.25) is 9.59 Å². The minimum atomic E-state index is -0.885. The molecule has 1 aliphatic heterocycles. The van der Waals surface area contributed by atoms with Crippen molar-refractivity contribution >= 4 is 27.7 Å². The third-order valence-electron chi connectivity index (χ3n) is 7.96. The molecule has 2 N–H and O–H groups in total. The molecule has 1 saturated heterocycles. The number of benzene rings is 3. The van der Waals surface area contributed by atoms with Crippen molar-refractivity contribution in [1.82, 2.24) is 24.8 Å². The molecule has 1 aliphatic rings. The van der Waals surface area contributed by atoms with Gasteiger partial charge in [-0.1, -0.05) is 93.9 Å². The number of aliphatic hydroxyl groups is 2. The van der Waals surface area contributed by atoms with Crippen LogP contribution in [0, 0.1) is 0 Å². The quantitative estimate of drug-likeness (QED) is 0.198. The van der Waals surface area contributed by atoms with Crippen LogP contribution in [0.4, 0.5) is 0 Å². The van der Waals surface area contributed by atoms with E-state index in [4.69, 9.17) is 4.74 Å². The molecule has 2 heterocycles. The first kappa shape index (κ1) is 32.5. The number of halogens is 1. The van der Waals surface area contributed by atoms with E-state index in [2.05, 4.69) is 26.2 Å². The highest BCUT2D eigenvalue weighted by Gasteiger charge is 2.46. The highest BCUT2D eigenvalue weighted by atomic mass is 79.9. The molecule has 0 saturated carbocycles. The maximum atomic E-state index is 14.3. The molecule has 11 heteroatoms. The Hall–Kier alpha value is -3.90. The second kappa shape index (κ2) is 15.9. The Morgan fingerprint density at radius 2 is 1.49 bits per heavy atom. The van der Waals surface area contributed by atoms with Gasteiger partial charge in [-0.05, 0) is 41.7 Å². The van der Waals surface area contributed by atoms with Crippen LogP contribution in [0.15, 0.2) is 95.6 Å². The molecule has 3 aromatic carbocycles. The van der Waals surface area contributed by atoms with Crippen LogP contribution in [0.2, 0.25) is 0 Å². The molecule has 0 radical (unpaired) electrons. The van der Waals surface area contributed by atoms with Gasteiger partial charge in [-0.15, -0.1) is 5.10 Å². The van der Waals surface area contributed by atoms with E-state index in [0.717, 1.165) is 21.2 Å². The first-order chi connectivity index (χ1) is 22.0. The van der Waals surface area contributed by atoms with Crippen molar-refractivity contribution in [2.24, 2.45) is 0 Å². The number of aliphatic hydroxyl groups excluding tert-OH is 2. The molecular weight excluding hydrogens is 638 g/mol. The maximum absolute atomic E-state index is 14.3. The minimum absolute atomic E-state index is 0.00149. The third-order valence-corrected chi connectivity index (χ3v) is 8.49. The Morgan fingerprint density at radius 1 is 0.822 bits per heavy atom. The lowest BCUT2D eigenvalue weighted by Gasteiger charge is -2.45. The number of hydrogen-bond acceptors (Lipinski definition) is 7. The van der Waals surface area contributed by atoms with Crippen molar-refractivity contribution < 1.29 is 24.5 Å². The van der Waals surface area contributed by atoms with Gasteiger partial charge in [0.2, 0.25) is 11.8 Å². The predicted molar refractivity (Wildman–Crippen MR) is 172 cm³/mol. The maximum Gasteiger partial charge on any atom is 0.248 e. The van der Waals surface area contributed by atoms with Crippen molar-refractivity contribution in [3.63, 3.8) is 0 Å². The zero-order valence-electron chi connectivity index (χ0n) is 25.0. The van der Waals surface area contributed by atoms with Gasteiger partial charge in [-0.25, -0.2) is 4.68 Å². The minimum Gasteiger partial charge on any atom is -0.396 e. The molecule has 45 heavy (non-hydrogen) atoms. The van der Waals surface area contributed by atoms with Crippen LogP contribution in [0.1, 0.15) is 34.8 Å². The molecule has 0 spiro atoms. The monoisotopic (exact) mass is 675 g/mol. The van der Waals surface area contributed by atoms with Crippen LogP contribution in [-0.4, -0.2) is 85.3 Å². The van der Waals surface area contributed by atoms with Crippen LogP contribution in [0.3, 0.4) is 0 Å². The molecule has 236 valence electrons. The lowest BCUT2D eigenvalue weighted by atomic mass is 9.97. The van der Waals surface area contributed by atoms with Crippen molar-refractivity contribution in [3.05, 3.63) is 118 Å². The smallest absolute Gasteiger partial charge is 0.248 e. The van der Waals surface area contributed by atoms with E-state index in [1.165, 1.54) is 0 Å². The summed E-state index contributed by atoms with van der Waals surface area (Å²) in [5, 5.41) is 28.3. The number of amides is 2. The summed E-state index contributed by atoms with van der Waals surface area (Å²) >= 11 is 3.46. The van der Waals surface area contributed by atoms with Crippen LogP contribution in [0.5, 0.6) is 0 Å². The normalized spacial score (nSPS) is 17.6. The average Bonchev–Trinajstić information content (AvgIpc) is 3.53. The van der Waals surface area contributed by atoms with E-state index >= 15 is 0 Å².